The standard InChI is InChI=1S/C13H8ClF3N2O/c14-10-6-9(13(15,16)17)7-18-12(10)11(19-20)8-4-2-1-3-5-8/h1-7,20H/b19-11+. The maximum absolute atomic E-state index is 12.5. The Hall–Kier alpha value is -2.08. The van der Waals surface area contributed by atoms with Crippen molar-refractivity contribution in [3.63, 3.8) is 0 Å². The summed E-state index contributed by atoms with van der Waals surface area (Å²) < 4.78 is 37.6. The van der Waals surface area contributed by atoms with E-state index in [1.54, 1.807) is 30.3 Å². The first-order chi connectivity index (χ1) is 9.43. The molecule has 20 heavy (non-hydrogen) atoms. The predicted molar refractivity (Wildman–Crippen MR) is 68.1 cm³/mol. The van der Waals surface area contributed by atoms with Gasteiger partial charge in [-0.05, 0) is 6.07 Å². The van der Waals surface area contributed by atoms with Crippen molar-refractivity contribution in [1.82, 2.24) is 4.98 Å². The average Bonchev–Trinajstić information content (AvgIpc) is 2.41. The topological polar surface area (TPSA) is 45.5 Å². The summed E-state index contributed by atoms with van der Waals surface area (Å²) in [7, 11) is 0. The van der Waals surface area contributed by atoms with E-state index in [1.165, 1.54) is 0 Å². The monoisotopic (exact) mass is 300 g/mol. The van der Waals surface area contributed by atoms with Gasteiger partial charge in [0.05, 0.1) is 10.6 Å². The van der Waals surface area contributed by atoms with Crippen LogP contribution in [0, 0.1) is 0 Å². The van der Waals surface area contributed by atoms with Crippen LogP contribution in [-0.2, 0) is 6.18 Å². The first kappa shape index (κ1) is 14.3. The van der Waals surface area contributed by atoms with Gasteiger partial charge in [-0.3, -0.25) is 4.98 Å². The summed E-state index contributed by atoms with van der Waals surface area (Å²) in [6.07, 6.45) is -3.88. The van der Waals surface area contributed by atoms with Crippen molar-refractivity contribution in [1.29, 1.82) is 0 Å². The Morgan fingerprint density at radius 1 is 1.20 bits per heavy atom. The number of alkyl halides is 3. The number of hydrogen-bond acceptors (Lipinski definition) is 3. The molecule has 104 valence electrons. The van der Waals surface area contributed by atoms with Crippen LogP contribution in [0.2, 0.25) is 5.02 Å². The van der Waals surface area contributed by atoms with Gasteiger partial charge in [-0.25, -0.2) is 0 Å². The molecule has 0 unspecified atom stereocenters. The van der Waals surface area contributed by atoms with Gasteiger partial charge in [0.25, 0.3) is 0 Å². The summed E-state index contributed by atoms with van der Waals surface area (Å²) in [4.78, 5) is 3.65. The van der Waals surface area contributed by atoms with E-state index in [0.29, 0.717) is 11.8 Å². The zero-order valence-electron chi connectivity index (χ0n) is 9.89. The van der Waals surface area contributed by atoms with E-state index >= 15 is 0 Å². The third-order valence-corrected chi connectivity index (χ3v) is 2.83. The van der Waals surface area contributed by atoms with E-state index in [0.717, 1.165) is 6.07 Å². The first-order valence-corrected chi connectivity index (χ1v) is 5.82. The molecule has 3 nitrogen and oxygen atoms in total. The lowest BCUT2D eigenvalue weighted by Gasteiger charge is -2.10. The fraction of sp³-hybridized carbons (Fsp3) is 0.0769. The van der Waals surface area contributed by atoms with Gasteiger partial charge in [-0.1, -0.05) is 47.1 Å². The van der Waals surface area contributed by atoms with E-state index in [-0.39, 0.29) is 16.4 Å². The lowest BCUT2D eigenvalue weighted by molar-refractivity contribution is -0.137. The highest BCUT2D eigenvalue weighted by Gasteiger charge is 2.32. The van der Waals surface area contributed by atoms with Crippen molar-refractivity contribution in [3.05, 3.63) is 64.4 Å². The molecule has 0 aliphatic rings. The van der Waals surface area contributed by atoms with Crippen LogP contribution in [0.25, 0.3) is 0 Å². The fourth-order valence-corrected chi connectivity index (χ4v) is 1.86. The molecule has 0 aliphatic heterocycles. The van der Waals surface area contributed by atoms with Crippen molar-refractivity contribution in [2.24, 2.45) is 5.16 Å². The zero-order chi connectivity index (χ0) is 14.8. The maximum atomic E-state index is 12.5. The summed E-state index contributed by atoms with van der Waals surface area (Å²) in [6, 6.07) is 9.14. The second kappa shape index (κ2) is 5.50. The minimum Gasteiger partial charge on any atom is -0.410 e. The number of aromatic nitrogens is 1. The van der Waals surface area contributed by atoms with Gasteiger partial charge >= 0.3 is 6.18 Å². The molecule has 1 heterocycles. The highest BCUT2D eigenvalue weighted by atomic mass is 35.5. The van der Waals surface area contributed by atoms with E-state index in [9.17, 15) is 13.2 Å². The quantitative estimate of drug-likeness (QED) is 0.518. The Labute approximate surface area is 117 Å². The predicted octanol–water partition coefficient (Wildman–Crippen LogP) is 3.98. The molecule has 0 bridgehead atoms. The molecule has 0 aliphatic carbocycles. The Bertz CT molecular complexity index is 642. The number of pyridine rings is 1. The summed E-state index contributed by atoms with van der Waals surface area (Å²) in [5.41, 5.74) is -0.488. The Balaban J connectivity index is 2.48. The summed E-state index contributed by atoms with van der Waals surface area (Å²) in [6.45, 7) is 0. The van der Waals surface area contributed by atoms with Gasteiger partial charge in [0, 0.05) is 11.8 Å². The Morgan fingerprint density at radius 3 is 2.35 bits per heavy atom. The van der Waals surface area contributed by atoms with Gasteiger partial charge in [-0.15, -0.1) is 0 Å². The highest BCUT2D eigenvalue weighted by molar-refractivity contribution is 6.35. The highest BCUT2D eigenvalue weighted by Crippen LogP contribution is 2.31. The second-order valence-corrected chi connectivity index (χ2v) is 4.27. The minimum absolute atomic E-state index is 0.00400. The van der Waals surface area contributed by atoms with E-state index in [1.807, 2.05) is 0 Å². The number of benzene rings is 1. The van der Waals surface area contributed by atoms with Crippen molar-refractivity contribution in [2.75, 3.05) is 0 Å². The van der Waals surface area contributed by atoms with E-state index in [4.69, 9.17) is 16.8 Å². The van der Waals surface area contributed by atoms with Crippen molar-refractivity contribution < 1.29 is 18.4 Å². The normalized spacial score (nSPS) is 12.5. The molecule has 0 radical (unpaired) electrons. The summed E-state index contributed by atoms with van der Waals surface area (Å²) >= 11 is 5.80. The average molecular weight is 301 g/mol. The molecule has 2 aromatic rings. The molecule has 0 atom stereocenters. The SMILES string of the molecule is O/N=C(\c1ccccc1)c1ncc(C(F)(F)F)cc1Cl. The molecule has 0 spiro atoms. The molecule has 1 aromatic carbocycles. The maximum Gasteiger partial charge on any atom is 0.417 e. The van der Waals surface area contributed by atoms with Crippen LogP contribution in [0.5, 0.6) is 0 Å². The van der Waals surface area contributed by atoms with E-state index < -0.39 is 11.7 Å². The number of nitrogens with zero attached hydrogens (tertiary/aromatic N) is 2. The summed E-state index contributed by atoms with van der Waals surface area (Å²) in [5.74, 6) is 0. The van der Waals surface area contributed by atoms with Gasteiger partial charge in [-0.2, -0.15) is 13.2 Å². The Morgan fingerprint density at radius 2 is 1.85 bits per heavy atom. The van der Waals surface area contributed by atoms with Crippen LogP contribution in [0.3, 0.4) is 0 Å². The molecule has 0 saturated heterocycles. The van der Waals surface area contributed by atoms with Crippen molar-refractivity contribution in [2.45, 2.75) is 6.18 Å². The van der Waals surface area contributed by atoms with Gasteiger partial charge in [0.15, 0.2) is 0 Å². The molecule has 1 N–H and O–H groups in total. The summed E-state index contributed by atoms with van der Waals surface area (Å²) in [5, 5.41) is 11.9. The molecule has 7 heteroatoms. The third-order valence-electron chi connectivity index (χ3n) is 2.54. The van der Waals surface area contributed by atoms with Gasteiger partial charge in [0.1, 0.15) is 11.4 Å². The number of rotatable bonds is 2. The van der Waals surface area contributed by atoms with Crippen LogP contribution < -0.4 is 0 Å². The van der Waals surface area contributed by atoms with Crippen molar-refractivity contribution in [3.8, 4) is 0 Å². The smallest absolute Gasteiger partial charge is 0.410 e. The molecular weight excluding hydrogens is 293 g/mol. The second-order valence-electron chi connectivity index (χ2n) is 3.87. The van der Waals surface area contributed by atoms with Crippen LogP contribution >= 0.6 is 11.6 Å². The van der Waals surface area contributed by atoms with Crippen LogP contribution in [0.1, 0.15) is 16.8 Å². The van der Waals surface area contributed by atoms with Crippen LogP contribution in [0.4, 0.5) is 13.2 Å². The number of oxime groups is 1. The van der Waals surface area contributed by atoms with Crippen LogP contribution in [-0.4, -0.2) is 15.9 Å². The molecular formula is C13H8ClF3N2O. The molecule has 2 rings (SSSR count). The molecule has 0 amide bonds. The van der Waals surface area contributed by atoms with E-state index in [2.05, 4.69) is 10.1 Å². The molecule has 0 fully saturated rings. The first-order valence-electron chi connectivity index (χ1n) is 5.44. The molecule has 0 saturated carbocycles. The molecule has 1 aromatic heterocycles. The van der Waals surface area contributed by atoms with Crippen molar-refractivity contribution >= 4 is 17.3 Å². The number of hydrogen-bond donors (Lipinski definition) is 1. The number of halogens is 4. The Kier molecular flexibility index (Phi) is 3.94. The zero-order valence-corrected chi connectivity index (χ0v) is 10.7. The van der Waals surface area contributed by atoms with Gasteiger partial charge in [0.2, 0.25) is 0 Å². The lowest BCUT2D eigenvalue weighted by atomic mass is 10.1. The fourth-order valence-electron chi connectivity index (χ4n) is 1.61. The van der Waals surface area contributed by atoms with Gasteiger partial charge < -0.3 is 5.21 Å². The largest absolute Gasteiger partial charge is 0.417 e. The van der Waals surface area contributed by atoms with Crippen LogP contribution in [0.15, 0.2) is 47.8 Å². The lowest BCUT2D eigenvalue weighted by Crippen LogP contribution is -2.11. The third kappa shape index (κ3) is 2.91. The minimum atomic E-state index is -4.53.